The van der Waals surface area contributed by atoms with Gasteiger partial charge in [0.05, 0.1) is 12.2 Å². The summed E-state index contributed by atoms with van der Waals surface area (Å²) < 4.78 is 5.13. The molecule has 1 saturated carbocycles. The lowest BCUT2D eigenvalue weighted by Crippen LogP contribution is -2.45. The molecule has 7 nitrogen and oxygen atoms in total. The van der Waals surface area contributed by atoms with Crippen LogP contribution < -0.4 is 15.5 Å². The van der Waals surface area contributed by atoms with E-state index in [9.17, 15) is 14.4 Å². The highest BCUT2D eigenvalue weighted by molar-refractivity contribution is 6.02. The number of nitrogens with zero attached hydrogens (tertiary/aromatic N) is 1. The lowest BCUT2D eigenvalue weighted by atomic mass is 9.77. The van der Waals surface area contributed by atoms with Crippen molar-refractivity contribution in [3.8, 4) is 0 Å². The molecule has 1 aromatic heterocycles. The Balaban J connectivity index is 1.22. The number of amides is 3. The zero-order valence-electron chi connectivity index (χ0n) is 19.5. The number of benzene rings is 2. The van der Waals surface area contributed by atoms with Crippen LogP contribution in [-0.2, 0) is 22.6 Å². The maximum Gasteiger partial charge on any atom is 0.291 e. The molecule has 180 valence electrons. The van der Waals surface area contributed by atoms with Gasteiger partial charge >= 0.3 is 0 Å². The van der Waals surface area contributed by atoms with Crippen molar-refractivity contribution in [1.82, 2.24) is 5.32 Å². The molecule has 2 aromatic carbocycles. The highest BCUT2D eigenvalue weighted by Gasteiger charge is 2.39. The summed E-state index contributed by atoms with van der Waals surface area (Å²) in [5.41, 5.74) is 3.66. The number of nitrogens with one attached hydrogen (secondary N) is 2. The van der Waals surface area contributed by atoms with Crippen LogP contribution in [0.5, 0.6) is 0 Å². The number of furan rings is 1. The largest absolute Gasteiger partial charge is 0.459 e. The quantitative estimate of drug-likeness (QED) is 0.552. The molecule has 0 bridgehead atoms. The van der Waals surface area contributed by atoms with Crippen molar-refractivity contribution in [2.24, 2.45) is 11.8 Å². The van der Waals surface area contributed by atoms with Crippen molar-refractivity contribution in [3.63, 3.8) is 0 Å². The van der Waals surface area contributed by atoms with Crippen LogP contribution in [0.2, 0.25) is 0 Å². The molecule has 2 aliphatic rings. The van der Waals surface area contributed by atoms with Crippen LogP contribution in [0.3, 0.4) is 0 Å². The van der Waals surface area contributed by atoms with E-state index in [0.29, 0.717) is 18.8 Å². The van der Waals surface area contributed by atoms with Crippen molar-refractivity contribution < 1.29 is 18.8 Å². The average Bonchev–Trinajstić information content (AvgIpc) is 3.58. The van der Waals surface area contributed by atoms with E-state index in [4.69, 9.17) is 4.42 Å². The Morgan fingerprint density at radius 3 is 2.60 bits per heavy atom. The summed E-state index contributed by atoms with van der Waals surface area (Å²) in [6.07, 6.45) is 5.69. The highest BCUT2D eigenvalue weighted by atomic mass is 16.3. The van der Waals surface area contributed by atoms with Crippen LogP contribution in [0.15, 0.2) is 71.3 Å². The Bertz CT molecular complexity index is 1220. The lowest BCUT2D eigenvalue weighted by Gasteiger charge is -2.32. The number of carbonyl (C=O) groups is 3. The molecule has 7 heteroatoms. The molecule has 2 heterocycles. The molecule has 2 atom stereocenters. The van der Waals surface area contributed by atoms with Gasteiger partial charge in [-0.05, 0) is 60.7 Å². The molecule has 0 saturated heterocycles. The Labute approximate surface area is 204 Å². The summed E-state index contributed by atoms with van der Waals surface area (Å²) in [6.45, 7) is 1.01. The molecule has 2 N–H and O–H groups in total. The second kappa shape index (κ2) is 10.2. The Morgan fingerprint density at radius 1 is 0.943 bits per heavy atom. The number of fused-ring (bicyclic) bond motifs is 1. The molecular formula is C28H29N3O4. The minimum atomic E-state index is -0.330. The summed E-state index contributed by atoms with van der Waals surface area (Å²) in [6, 6.07) is 18.6. The first kappa shape index (κ1) is 22.9. The zero-order chi connectivity index (χ0) is 24.2. The van der Waals surface area contributed by atoms with Crippen LogP contribution in [0, 0.1) is 11.8 Å². The molecule has 1 aliphatic heterocycles. The third-order valence-electron chi connectivity index (χ3n) is 6.97. The first-order chi connectivity index (χ1) is 17.1. The van der Waals surface area contributed by atoms with Gasteiger partial charge in [-0.25, -0.2) is 0 Å². The van der Waals surface area contributed by atoms with E-state index in [2.05, 4.69) is 16.7 Å². The molecule has 35 heavy (non-hydrogen) atoms. The van der Waals surface area contributed by atoms with Gasteiger partial charge in [0.1, 0.15) is 0 Å². The maximum absolute atomic E-state index is 13.5. The summed E-state index contributed by atoms with van der Waals surface area (Å²) in [7, 11) is 0. The molecule has 5 rings (SSSR count). The number of hydrogen-bond acceptors (Lipinski definition) is 4. The smallest absolute Gasteiger partial charge is 0.291 e. The molecule has 1 aliphatic carbocycles. The molecule has 1 fully saturated rings. The number of hydrogen-bond donors (Lipinski definition) is 2. The molecule has 2 unspecified atom stereocenters. The van der Waals surface area contributed by atoms with Crippen molar-refractivity contribution in [1.29, 1.82) is 0 Å². The second-order valence-electron chi connectivity index (χ2n) is 9.22. The van der Waals surface area contributed by atoms with Crippen molar-refractivity contribution in [3.05, 3.63) is 83.8 Å². The summed E-state index contributed by atoms with van der Waals surface area (Å²) in [5.74, 6) is -0.738. The fourth-order valence-electron chi connectivity index (χ4n) is 5.19. The molecule has 0 spiro atoms. The zero-order valence-corrected chi connectivity index (χ0v) is 19.5. The average molecular weight is 472 g/mol. The number of carbonyl (C=O) groups excluding carboxylic acids is 3. The number of rotatable bonds is 6. The van der Waals surface area contributed by atoms with Gasteiger partial charge in [-0.2, -0.15) is 0 Å². The Kier molecular flexibility index (Phi) is 6.66. The predicted octanol–water partition coefficient (Wildman–Crippen LogP) is 4.54. The lowest BCUT2D eigenvalue weighted by molar-refractivity contribution is -0.135. The predicted molar refractivity (Wildman–Crippen MR) is 133 cm³/mol. The van der Waals surface area contributed by atoms with E-state index < -0.39 is 0 Å². The first-order valence-corrected chi connectivity index (χ1v) is 12.2. The summed E-state index contributed by atoms with van der Waals surface area (Å²) in [4.78, 5) is 40.8. The molecule has 0 radical (unpaired) electrons. The molecule has 3 amide bonds. The van der Waals surface area contributed by atoms with Gasteiger partial charge < -0.3 is 20.0 Å². The van der Waals surface area contributed by atoms with Gasteiger partial charge in [-0.3, -0.25) is 14.4 Å². The number of anilines is 2. The molecule has 3 aromatic rings. The van der Waals surface area contributed by atoms with Gasteiger partial charge in [-0.1, -0.05) is 43.2 Å². The molecular weight excluding hydrogens is 442 g/mol. The Hall–Kier alpha value is -3.87. The minimum absolute atomic E-state index is 0.0671. The highest BCUT2D eigenvalue weighted by Crippen LogP contribution is 2.36. The van der Waals surface area contributed by atoms with Gasteiger partial charge in [0.2, 0.25) is 11.8 Å². The van der Waals surface area contributed by atoms with E-state index in [1.54, 1.807) is 18.2 Å². The van der Waals surface area contributed by atoms with Crippen LogP contribution in [-0.4, -0.2) is 24.3 Å². The van der Waals surface area contributed by atoms with Crippen LogP contribution in [0.25, 0.3) is 0 Å². The van der Waals surface area contributed by atoms with E-state index >= 15 is 0 Å². The van der Waals surface area contributed by atoms with Crippen molar-refractivity contribution in [2.75, 3.05) is 16.8 Å². The van der Waals surface area contributed by atoms with Gasteiger partial charge in [-0.15, -0.1) is 0 Å². The maximum atomic E-state index is 13.5. The van der Waals surface area contributed by atoms with E-state index in [-0.39, 0.29) is 35.3 Å². The normalized spacial score (nSPS) is 19.1. The summed E-state index contributed by atoms with van der Waals surface area (Å²) in [5, 5.41) is 5.83. The standard InChI is InChI=1S/C28H29N3O4/c32-26(29-18-19-7-5-9-21(17-19)30-27(33)25-13-6-16-35-25)22-10-2-3-11-23(22)28(34)31-15-14-20-8-1-4-12-24(20)31/h1,4-9,12-13,16-17,22-23H,2-3,10-11,14-15,18H2,(H,29,32)(H,30,33). The van der Waals surface area contributed by atoms with Crippen molar-refractivity contribution in [2.45, 2.75) is 38.6 Å². The Morgan fingerprint density at radius 2 is 1.77 bits per heavy atom. The summed E-state index contributed by atoms with van der Waals surface area (Å²) >= 11 is 0. The van der Waals surface area contributed by atoms with Gasteiger partial charge in [0.25, 0.3) is 5.91 Å². The number of para-hydroxylation sites is 1. The topological polar surface area (TPSA) is 91.7 Å². The van der Waals surface area contributed by atoms with Crippen molar-refractivity contribution >= 4 is 29.1 Å². The van der Waals surface area contributed by atoms with Crippen LogP contribution in [0.1, 0.15) is 47.4 Å². The van der Waals surface area contributed by atoms with Crippen LogP contribution in [0.4, 0.5) is 11.4 Å². The van der Waals surface area contributed by atoms with E-state index in [0.717, 1.165) is 43.4 Å². The first-order valence-electron chi connectivity index (χ1n) is 12.2. The van der Waals surface area contributed by atoms with E-state index in [1.807, 2.05) is 41.3 Å². The SMILES string of the molecule is O=C(Nc1cccc(CNC(=O)C2CCCCC2C(=O)N2CCc3ccccc32)c1)c1ccco1. The monoisotopic (exact) mass is 471 g/mol. The third kappa shape index (κ3) is 4.99. The van der Waals surface area contributed by atoms with Crippen LogP contribution >= 0.6 is 0 Å². The van der Waals surface area contributed by atoms with Gasteiger partial charge in [0, 0.05) is 30.4 Å². The van der Waals surface area contributed by atoms with E-state index in [1.165, 1.54) is 11.8 Å². The fraction of sp³-hybridized carbons (Fsp3) is 0.321. The second-order valence-corrected chi connectivity index (χ2v) is 9.22. The minimum Gasteiger partial charge on any atom is -0.459 e. The third-order valence-corrected chi connectivity index (χ3v) is 6.97. The van der Waals surface area contributed by atoms with Gasteiger partial charge in [0.15, 0.2) is 5.76 Å². The fourth-order valence-corrected chi connectivity index (χ4v) is 5.19.